The van der Waals surface area contributed by atoms with Gasteiger partial charge >= 0.3 is 25.3 Å². The Hall–Kier alpha value is -0.332. The van der Waals surface area contributed by atoms with E-state index in [0.717, 1.165) is 5.17 Å². The fourth-order valence-corrected chi connectivity index (χ4v) is 1.50. The van der Waals surface area contributed by atoms with Crippen LogP contribution in [0.15, 0.2) is 18.3 Å². The first kappa shape index (κ1) is 18.7. The summed E-state index contributed by atoms with van der Waals surface area (Å²) in [6.45, 7) is 0. The van der Waals surface area contributed by atoms with Crippen LogP contribution in [0, 0.1) is 0 Å². The zero-order valence-electron chi connectivity index (χ0n) is 8.84. The topological polar surface area (TPSA) is 97.9 Å². The Balaban J connectivity index is 0.000000982. The molecule has 1 aromatic rings. The summed E-state index contributed by atoms with van der Waals surface area (Å²) in [5.41, 5.74) is 1.46. The molecule has 8 nitrogen and oxygen atoms in total. The number of hydrogen-bond acceptors (Lipinski definition) is 9. The Labute approximate surface area is 138 Å². The van der Waals surface area contributed by atoms with Gasteiger partial charge in [-0.05, 0) is 20.8 Å². The molecule has 0 atom stereocenters. The summed E-state index contributed by atoms with van der Waals surface area (Å²) in [5, 5.41) is 10.6. The maximum absolute atomic E-state index is 8.50. The van der Waals surface area contributed by atoms with E-state index < -0.39 is 18.5 Å². The summed E-state index contributed by atoms with van der Waals surface area (Å²) in [4.78, 5) is 7.44. The predicted molar refractivity (Wildman–Crippen MR) is 72.4 cm³/mol. The molecule has 0 amide bonds. The zero-order valence-corrected chi connectivity index (χ0v) is 14.1. The second kappa shape index (κ2) is 10.5. The van der Waals surface area contributed by atoms with E-state index in [2.05, 4.69) is 9.92 Å². The van der Waals surface area contributed by atoms with Crippen molar-refractivity contribution in [2.24, 2.45) is 0 Å². The molecule has 13 heteroatoms. The van der Waals surface area contributed by atoms with E-state index in [-0.39, 0.29) is 8.64 Å². The molecule has 0 bridgehead atoms. The molecule has 0 unspecified atom stereocenters. The van der Waals surface area contributed by atoms with Gasteiger partial charge in [0.25, 0.3) is 0 Å². The third-order valence-electron chi connectivity index (χ3n) is 1.45. The number of thiocarbonyl (C=S) groups is 2. The van der Waals surface area contributed by atoms with Gasteiger partial charge in [0.1, 0.15) is 5.82 Å². The van der Waals surface area contributed by atoms with E-state index in [9.17, 15) is 0 Å². The predicted octanol–water partition coefficient (Wildman–Crippen LogP) is 0.287. The van der Waals surface area contributed by atoms with Crippen LogP contribution in [0.4, 0.5) is 5.82 Å². The van der Waals surface area contributed by atoms with Crippen molar-refractivity contribution in [3.8, 4) is 0 Å². The molecular weight excluding hydrogens is 416 g/mol. The van der Waals surface area contributed by atoms with Crippen molar-refractivity contribution in [3.63, 3.8) is 0 Å². The van der Waals surface area contributed by atoms with Crippen LogP contribution < -0.4 is 10.7 Å². The molecule has 0 aliphatic rings. The van der Waals surface area contributed by atoms with Crippen LogP contribution in [0.3, 0.4) is 0 Å². The number of nitrogens with zero attached hydrogens (tertiary/aromatic N) is 2. The van der Waals surface area contributed by atoms with Gasteiger partial charge in [-0.1, -0.05) is 5.64 Å². The van der Waals surface area contributed by atoms with Gasteiger partial charge in [0.05, 0.1) is 0 Å². The first-order chi connectivity index (χ1) is 8.99. The molecule has 0 fully saturated rings. The standard InChI is InChI=1S/C6H8N4O2S4.Mo.2O/c11-8-12-10(6(15)16)9(5(13)14)4-2-1-3-7-4;;;/h1-3,7-8,11H,(H,13,14)(H,15,16);;;/q;+2;;/p-2. The average Bonchev–Trinajstić information content (AvgIpc) is 2.82. The van der Waals surface area contributed by atoms with Crippen LogP contribution in [0.25, 0.3) is 0 Å². The molecule has 0 saturated heterocycles. The van der Waals surface area contributed by atoms with Crippen molar-refractivity contribution in [2.45, 2.75) is 0 Å². The molecule has 1 aromatic heterocycles. The van der Waals surface area contributed by atoms with Crippen molar-refractivity contribution < 1.29 is 35.4 Å². The Morgan fingerprint density at radius 3 is 2.32 bits per heavy atom. The number of aromatic nitrogens is 1. The summed E-state index contributed by atoms with van der Waals surface area (Å²) < 4.78 is 16.9. The van der Waals surface area contributed by atoms with E-state index >= 15 is 0 Å². The first-order valence-corrected chi connectivity index (χ1v) is 7.40. The van der Waals surface area contributed by atoms with Crippen LogP contribution in [0.5, 0.6) is 0 Å². The third kappa shape index (κ3) is 6.58. The number of rotatable bonds is 3. The van der Waals surface area contributed by atoms with Crippen LogP contribution in [0.2, 0.25) is 0 Å². The second-order valence-electron chi connectivity index (χ2n) is 2.42. The minimum absolute atomic E-state index is 0.0184. The van der Waals surface area contributed by atoms with Crippen LogP contribution in [-0.2, 0) is 55.5 Å². The molecule has 104 valence electrons. The summed E-state index contributed by atoms with van der Waals surface area (Å²) in [6, 6.07) is 3.41. The molecule has 0 aromatic carbocycles. The summed E-state index contributed by atoms with van der Waals surface area (Å²) in [6.07, 6.45) is 1.66. The molecule has 1 rings (SSSR count). The van der Waals surface area contributed by atoms with E-state index in [0.29, 0.717) is 5.82 Å². The van der Waals surface area contributed by atoms with Gasteiger partial charge in [0.15, 0.2) is 0 Å². The first-order valence-electron chi connectivity index (χ1n) is 4.12. The van der Waals surface area contributed by atoms with Crippen molar-refractivity contribution in [2.75, 3.05) is 5.01 Å². The van der Waals surface area contributed by atoms with E-state index in [1.54, 1.807) is 18.3 Å². The number of hydroxylamine groups is 1. The summed E-state index contributed by atoms with van der Waals surface area (Å²) in [5.74, 6) is 0.502. The third-order valence-corrected chi connectivity index (χ3v) is 2.11. The molecular formula is C6H6MoN4O4S4. The van der Waals surface area contributed by atoms with Crippen LogP contribution >= 0.6 is 24.4 Å². The van der Waals surface area contributed by atoms with E-state index in [1.807, 2.05) is 0 Å². The summed E-state index contributed by atoms with van der Waals surface area (Å²) >= 11 is 17.2. The van der Waals surface area contributed by atoms with Crippen molar-refractivity contribution in [1.82, 2.24) is 15.8 Å². The molecule has 0 aliphatic carbocycles. The van der Waals surface area contributed by atoms with Gasteiger partial charge in [-0.25, -0.2) is 5.01 Å². The quantitative estimate of drug-likeness (QED) is 0.271. The normalized spacial score (nSPS) is 8.68. The molecule has 0 radical (unpaired) electrons. The minimum atomic E-state index is -2.03. The number of hydrazine groups is 1. The maximum atomic E-state index is 8.50. The Morgan fingerprint density at radius 1 is 1.42 bits per heavy atom. The van der Waals surface area contributed by atoms with Crippen LogP contribution in [0.1, 0.15) is 0 Å². The fourth-order valence-electron chi connectivity index (χ4n) is 0.921. The Kier molecular flexibility index (Phi) is 10.3. The molecule has 0 aliphatic heterocycles. The Bertz CT molecular complexity index is 452. The molecule has 3 N–H and O–H groups in total. The van der Waals surface area contributed by atoms with Crippen LogP contribution in [-0.4, -0.2) is 24.0 Å². The van der Waals surface area contributed by atoms with Gasteiger partial charge in [-0.3, -0.25) is 5.21 Å². The fraction of sp³-hybridized carbons (Fsp3) is 0. The van der Waals surface area contributed by atoms with E-state index in [1.165, 1.54) is 10.7 Å². The number of aromatic amines is 1. The zero-order chi connectivity index (χ0) is 14.8. The number of hydrogen-bond donors (Lipinski definition) is 3. The Morgan fingerprint density at radius 2 is 2.00 bits per heavy atom. The van der Waals surface area contributed by atoms with Crippen molar-refractivity contribution in [1.29, 1.82) is 0 Å². The monoisotopic (exact) mass is 424 g/mol. The van der Waals surface area contributed by atoms with Gasteiger partial charge in [0.2, 0.25) is 0 Å². The van der Waals surface area contributed by atoms with Crippen molar-refractivity contribution >= 4 is 64.2 Å². The molecule has 19 heavy (non-hydrogen) atoms. The molecule has 0 spiro atoms. The van der Waals surface area contributed by atoms with Crippen molar-refractivity contribution in [3.05, 3.63) is 18.3 Å². The molecule has 1 heterocycles. The van der Waals surface area contributed by atoms with Gasteiger partial charge in [0, 0.05) is 6.20 Å². The summed E-state index contributed by atoms with van der Waals surface area (Å²) in [7, 11) is 0. The number of H-pyrrole nitrogens is 1. The number of anilines is 1. The SMILES string of the molecule is ONON(C(=S)[S-])N(C(=S)[S-])c1ccc[nH]1.[O]=[Mo+2]=[O]. The second-order valence-corrected chi connectivity index (χ2v) is 4.82. The van der Waals surface area contributed by atoms with Gasteiger partial charge in [-0.2, -0.15) is 5.17 Å². The van der Waals surface area contributed by atoms with Gasteiger partial charge in [-0.15, -0.1) is 4.94 Å². The average molecular weight is 422 g/mol. The number of nitrogens with one attached hydrogen (secondary N) is 2. The molecule has 0 saturated carbocycles. The van der Waals surface area contributed by atoms with Gasteiger partial charge < -0.3 is 54.7 Å². The van der Waals surface area contributed by atoms with E-state index in [4.69, 9.17) is 61.7 Å².